The molecule has 400 valence electrons. The fourth-order valence-electron chi connectivity index (χ4n) is 6.96. The number of aromatic carboxylic acids is 1. The molecule has 6 heterocycles. The number of carbonyl (C=O) groups is 2. The monoisotopic (exact) mass is 1030 g/mol. The Morgan fingerprint density at radius 2 is 1.09 bits per heavy atom. The Kier molecular flexibility index (Phi) is 20.7. The summed E-state index contributed by atoms with van der Waals surface area (Å²) >= 11 is 0. The molecule has 8 rings (SSSR count). The maximum atomic E-state index is 15.4. The fourth-order valence-corrected chi connectivity index (χ4v) is 6.96. The Morgan fingerprint density at radius 3 is 1.47 bits per heavy atom. The van der Waals surface area contributed by atoms with Crippen molar-refractivity contribution in [1.82, 2.24) is 59.8 Å². The minimum Gasteiger partial charge on any atom is -0.476 e. The van der Waals surface area contributed by atoms with Gasteiger partial charge >= 0.3 is 5.97 Å². The molecule has 2 aromatic carbocycles. The standard InChI is InChI=1S/C25H28FN7O2.C16H18FN7.C8H11NO3.2C2H6/c1-14(9-20(34)19-10-21(35-32-19)25(3,4)5)17-7-8-18(22(26)15(17)2)23-27-13-28-24(31-23)30-16-11-29-33(6)12-16;1-9-12(10(2)18)4-5-13(14(9)17)15-19-8-20-16(23-15)22-11-6-21-24(3)7-11;1-8(2,3)6-4-5(7(10)11)9-12-6;2*1-2/h7-8,10-14H,9H2,1-6H3,(H,27,28,30,31);4-8,10H,18H2,1-3H3,(H,19,20,22,23);4H,1-3H3,(H,10,11);2*1-2H3/t14-;10-;;;/m01.../s1. The summed E-state index contributed by atoms with van der Waals surface area (Å²) in [4.78, 5) is 48.2. The molecule has 0 saturated carbocycles. The van der Waals surface area contributed by atoms with Crippen molar-refractivity contribution < 1.29 is 32.5 Å². The number of rotatable bonds is 12. The van der Waals surface area contributed by atoms with E-state index in [4.69, 9.17) is 19.9 Å². The molecule has 0 saturated heterocycles. The number of carbonyl (C=O) groups excluding carboxylic acids is 1. The predicted octanol–water partition coefficient (Wildman–Crippen LogP) is 11.3. The minimum absolute atomic E-state index is 0.0417. The first-order valence-corrected chi connectivity index (χ1v) is 24.3. The van der Waals surface area contributed by atoms with Crippen LogP contribution < -0.4 is 16.4 Å². The Hall–Kier alpha value is -8.14. The highest BCUT2D eigenvalue weighted by atomic mass is 19.1. The lowest BCUT2D eigenvalue weighted by Crippen LogP contribution is -2.10. The first kappa shape index (κ1) is 59.4. The van der Waals surface area contributed by atoms with Gasteiger partial charge < -0.3 is 30.5 Å². The van der Waals surface area contributed by atoms with Crippen molar-refractivity contribution >= 4 is 35.0 Å². The predicted molar refractivity (Wildman–Crippen MR) is 283 cm³/mol. The van der Waals surface area contributed by atoms with E-state index >= 15 is 4.39 Å². The van der Waals surface area contributed by atoms with Crippen LogP contribution in [0, 0.1) is 25.5 Å². The molecule has 2 atom stereocenters. The third-order valence-electron chi connectivity index (χ3n) is 10.9. The maximum Gasteiger partial charge on any atom is 0.358 e. The van der Waals surface area contributed by atoms with Crippen LogP contribution in [0.2, 0.25) is 0 Å². The first-order valence-electron chi connectivity index (χ1n) is 24.3. The van der Waals surface area contributed by atoms with Crippen LogP contribution in [0.15, 0.2) is 82.9 Å². The molecule has 0 aliphatic rings. The quantitative estimate of drug-likeness (QED) is 0.0828. The van der Waals surface area contributed by atoms with Crippen LogP contribution in [0.5, 0.6) is 0 Å². The van der Waals surface area contributed by atoms with Crippen molar-refractivity contribution in [2.45, 2.75) is 126 Å². The van der Waals surface area contributed by atoms with Crippen molar-refractivity contribution in [3.8, 4) is 22.8 Å². The second-order valence-corrected chi connectivity index (χ2v) is 18.9. The average molecular weight is 1030 g/mol. The van der Waals surface area contributed by atoms with Gasteiger partial charge in [-0.1, -0.05) is 98.6 Å². The van der Waals surface area contributed by atoms with Gasteiger partial charge in [-0.05, 0) is 61.1 Å². The molecule has 8 aromatic rings. The molecule has 0 spiro atoms. The smallest absolute Gasteiger partial charge is 0.358 e. The second kappa shape index (κ2) is 26.2. The second-order valence-electron chi connectivity index (χ2n) is 18.9. The van der Waals surface area contributed by atoms with Gasteiger partial charge in [0.1, 0.15) is 41.5 Å². The van der Waals surface area contributed by atoms with Gasteiger partial charge in [0.25, 0.3) is 0 Å². The zero-order valence-electron chi connectivity index (χ0n) is 45.6. The molecule has 0 aliphatic heterocycles. The van der Waals surface area contributed by atoms with E-state index in [0.717, 1.165) is 16.8 Å². The third-order valence-corrected chi connectivity index (χ3v) is 10.9. The number of Topliss-reactive ketones (excluding diaryl/α,β-unsaturated/α-hetero) is 1. The summed E-state index contributed by atoms with van der Waals surface area (Å²) in [5.41, 5.74) is 10.1. The molecule has 0 bridgehead atoms. The Morgan fingerprint density at radius 1 is 0.680 bits per heavy atom. The van der Waals surface area contributed by atoms with Crippen molar-refractivity contribution in [3.05, 3.63) is 131 Å². The van der Waals surface area contributed by atoms with Crippen molar-refractivity contribution in [3.63, 3.8) is 0 Å². The van der Waals surface area contributed by atoms with E-state index in [1.54, 1.807) is 79.3 Å². The summed E-state index contributed by atoms with van der Waals surface area (Å²) in [5, 5.41) is 30.1. The SMILES string of the molecule is CC.CC.CC(C)(C)c1cc(C(=O)O)no1.Cc1c([C@@H](C)CC(=O)c2cc(C(C)(C)C)on2)ccc(-c2ncnc(Nc3cnn(C)c3)n2)c1F.Cc1c([C@@H](C)N)ccc(-c2ncnc(Nc3cnn(C)c3)n2)c1F. The number of hydrogen-bond donors (Lipinski definition) is 4. The van der Waals surface area contributed by atoms with Crippen LogP contribution in [-0.4, -0.2) is 76.6 Å². The average Bonchev–Trinajstić information content (AvgIpc) is 4.22. The molecule has 0 radical (unpaired) electrons. The lowest BCUT2D eigenvalue weighted by molar-refractivity contribution is 0.0685. The molecular formula is C53H69F2N15O5. The molecule has 22 heteroatoms. The van der Waals surface area contributed by atoms with Crippen molar-refractivity contribution in [1.29, 1.82) is 0 Å². The number of hydrogen-bond acceptors (Lipinski definition) is 17. The van der Waals surface area contributed by atoms with E-state index in [1.165, 1.54) is 18.7 Å². The Bertz CT molecular complexity index is 3150. The summed E-state index contributed by atoms with van der Waals surface area (Å²) in [6.07, 6.45) is 9.69. The van der Waals surface area contributed by atoms with Crippen LogP contribution in [-0.2, 0) is 24.9 Å². The molecule has 75 heavy (non-hydrogen) atoms. The molecule has 0 unspecified atom stereocenters. The van der Waals surface area contributed by atoms with Crippen LogP contribution in [0.4, 0.5) is 32.1 Å². The van der Waals surface area contributed by atoms with Gasteiger partial charge in [-0.25, -0.2) is 33.5 Å². The maximum absolute atomic E-state index is 15.4. The Balaban J connectivity index is 0.000000262. The summed E-state index contributed by atoms with van der Waals surface area (Å²) < 4.78 is 43.6. The largest absolute Gasteiger partial charge is 0.476 e. The first-order chi connectivity index (χ1) is 35.4. The van der Waals surface area contributed by atoms with Gasteiger partial charge in [-0.3, -0.25) is 14.2 Å². The fraction of sp³-hybridized carbons (Fsp3) is 0.396. The van der Waals surface area contributed by atoms with E-state index in [1.807, 2.05) is 96.2 Å². The van der Waals surface area contributed by atoms with Gasteiger partial charge in [0.05, 0.1) is 34.9 Å². The van der Waals surface area contributed by atoms with Crippen molar-refractivity contribution in [2.24, 2.45) is 19.8 Å². The number of benzene rings is 2. The molecule has 0 aliphatic carbocycles. The van der Waals surface area contributed by atoms with Crippen LogP contribution >= 0.6 is 0 Å². The number of anilines is 4. The number of nitrogens with two attached hydrogens (primary N) is 1. The molecule has 0 amide bonds. The van der Waals surface area contributed by atoms with Crippen LogP contribution in [0.25, 0.3) is 22.8 Å². The summed E-state index contributed by atoms with van der Waals surface area (Å²) in [5.74, 6) is 0.0646. The van der Waals surface area contributed by atoms with Gasteiger partial charge in [0.2, 0.25) is 11.9 Å². The molecule has 0 fully saturated rings. The lowest BCUT2D eigenvalue weighted by atomic mass is 9.89. The normalized spacial score (nSPS) is 11.8. The molecule has 20 nitrogen and oxygen atoms in total. The number of nitrogens with zero attached hydrogens (tertiary/aromatic N) is 12. The highest BCUT2D eigenvalue weighted by Crippen LogP contribution is 2.32. The highest BCUT2D eigenvalue weighted by molar-refractivity contribution is 5.94. The van der Waals surface area contributed by atoms with E-state index in [9.17, 15) is 14.0 Å². The van der Waals surface area contributed by atoms with Crippen LogP contribution in [0.1, 0.15) is 156 Å². The van der Waals surface area contributed by atoms with E-state index in [0.29, 0.717) is 39.8 Å². The lowest BCUT2D eigenvalue weighted by Gasteiger charge is -2.16. The molecule has 6 aromatic heterocycles. The van der Waals surface area contributed by atoms with Gasteiger partial charge in [0.15, 0.2) is 23.1 Å². The summed E-state index contributed by atoms with van der Waals surface area (Å²) in [6, 6.07) is 9.78. The zero-order valence-corrected chi connectivity index (χ0v) is 45.6. The van der Waals surface area contributed by atoms with Gasteiger partial charge in [-0.2, -0.15) is 20.2 Å². The number of halogens is 2. The molecular weight excluding hydrogens is 965 g/mol. The van der Waals surface area contributed by atoms with Crippen LogP contribution in [0.3, 0.4) is 0 Å². The van der Waals surface area contributed by atoms with E-state index in [2.05, 4.69) is 61.0 Å². The molecule has 5 N–H and O–H groups in total. The zero-order chi connectivity index (χ0) is 55.9. The van der Waals surface area contributed by atoms with E-state index < -0.39 is 11.8 Å². The third kappa shape index (κ3) is 15.9. The number of nitrogens with one attached hydrogen (secondary N) is 2. The van der Waals surface area contributed by atoms with Crippen molar-refractivity contribution in [2.75, 3.05) is 10.6 Å². The van der Waals surface area contributed by atoms with Gasteiger partial charge in [-0.15, -0.1) is 0 Å². The number of aromatic nitrogens is 12. The number of carboxylic acids is 1. The topological polar surface area (TPSA) is 269 Å². The van der Waals surface area contributed by atoms with E-state index in [-0.39, 0.29) is 75.4 Å². The van der Waals surface area contributed by atoms with Gasteiger partial charge in [0, 0.05) is 61.9 Å². The summed E-state index contributed by atoms with van der Waals surface area (Å²) in [6.45, 7) is 26.9. The number of carboxylic acid groups (broad SMARTS) is 1. The Labute approximate surface area is 436 Å². The summed E-state index contributed by atoms with van der Waals surface area (Å²) in [7, 11) is 3.61. The number of ketones is 1. The number of aryl methyl sites for hydroxylation is 2. The minimum atomic E-state index is -1.06. The highest BCUT2D eigenvalue weighted by Gasteiger charge is 2.26.